The first-order valence-electron chi connectivity index (χ1n) is 6.26. The molecule has 5 heteroatoms. The lowest BCUT2D eigenvalue weighted by Gasteiger charge is -2.39. The first-order chi connectivity index (χ1) is 7.53. The molecule has 94 valence electrons. The summed E-state index contributed by atoms with van der Waals surface area (Å²) in [4.78, 5) is 0. The van der Waals surface area contributed by atoms with Crippen LogP contribution >= 0.6 is 0 Å². The average Bonchev–Trinajstić information content (AvgIpc) is 2.69. The van der Waals surface area contributed by atoms with Crippen LogP contribution in [0.4, 0.5) is 0 Å². The molecule has 0 bridgehead atoms. The lowest BCUT2D eigenvalue weighted by molar-refractivity contribution is 0.202. The van der Waals surface area contributed by atoms with Gasteiger partial charge in [-0.2, -0.15) is 4.31 Å². The highest BCUT2D eigenvalue weighted by atomic mass is 32.2. The standard InChI is InChI=1S/C11H22N2O2S/c1-9-4-3-5-10(2)13(9)16(14,15)11-6-7-12-8-11/h9-12H,3-8H2,1-2H3. The molecule has 0 aromatic heterocycles. The van der Waals surface area contributed by atoms with Gasteiger partial charge in [0.1, 0.15) is 0 Å². The molecule has 0 aliphatic carbocycles. The van der Waals surface area contributed by atoms with Gasteiger partial charge < -0.3 is 5.32 Å². The normalized spacial score (nSPS) is 37.8. The van der Waals surface area contributed by atoms with Crippen molar-refractivity contribution in [3.8, 4) is 0 Å². The fourth-order valence-electron chi connectivity index (χ4n) is 2.95. The third-order valence-corrected chi connectivity index (χ3v) is 6.40. The van der Waals surface area contributed by atoms with Gasteiger partial charge in [0.2, 0.25) is 10.0 Å². The van der Waals surface area contributed by atoms with Crippen molar-refractivity contribution in [1.82, 2.24) is 9.62 Å². The second-order valence-electron chi connectivity index (χ2n) is 5.12. The zero-order chi connectivity index (χ0) is 11.8. The van der Waals surface area contributed by atoms with E-state index in [2.05, 4.69) is 5.32 Å². The molecular weight excluding hydrogens is 224 g/mol. The highest BCUT2D eigenvalue weighted by molar-refractivity contribution is 7.89. The smallest absolute Gasteiger partial charge is 0.218 e. The molecule has 2 fully saturated rings. The van der Waals surface area contributed by atoms with Crippen molar-refractivity contribution in [2.45, 2.75) is 56.9 Å². The van der Waals surface area contributed by atoms with E-state index in [0.29, 0.717) is 6.54 Å². The van der Waals surface area contributed by atoms with Crippen molar-refractivity contribution >= 4 is 10.0 Å². The molecule has 0 aromatic rings. The van der Waals surface area contributed by atoms with Crippen molar-refractivity contribution in [3.63, 3.8) is 0 Å². The Kier molecular flexibility index (Phi) is 3.56. The van der Waals surface area contributed by atoms with Crippen LogP contribution in [-0.2, 0) is 10.0 Å². The van der Waals surface area contributed by atoms with Gasteiger partial charge in [-0.25, -0.2) is 8.42 Å². The van der Waals surface area contributed by atoms with E-state index in [9.17, 15) is 8.42 Å². The molecule has 2 aliphatic rings. The molecule has 16 heavy (non-hydrogen) atoms. The van der Waals surface area contributed by atoms with Crippen LogP contribution < -0.4 is 5.32 Å². The quantitative estimate of drug-likeness (QED) is 0.789. The molecule has 1 N–H and O–H groups in total. The molecule has 4 nitrogen and oxygen atoms in total. The van der Waals surface area contributed by atoms with Gasteiger partial charge in [-0.05, 0) is 39.7 Å². The lowest BCUT2D eigenvalue weighted by Crippen LogP contribution is -2.51. The van der Waals surface area contributed by atoms with E-state index in [4.69, 9.17) is 0 Å². The molecule has 2 rings (SSSR count). The monoisotopic (exact) mass is 246 g/mol. The molecule has 2 heterocycles. The van der Waals surface area contributed by atoms with Crippen LogP contribution in [-0.4, -0.2) is 43.1 Å². The number of nitrogens with zero attached hydrogens (tertiary/aromatic N) is 1. The summed E-state index contributed by atoms with van der Waals surface area (Å²) in [5.41, 5.74) is 0. The number of hydrogen-bond donors (Lipinski definition) is 1. The van der Waals surface area contributed by atoms with Gasteiger partial charge in [0.05, 0.1) is 5.25 Å². The summed E-state index contributed by atoms with van der Waals surface area (Å²) in [6.45, 7) is 5.53. The maximum Gasteiger partial charge on any atom is 0.218 e. The highest BCUT2D eigenvalue weighted by Gasteiger charge is 2.40. The summed E-state index contributed by atoms with van der Waals surface area (Å²) in [5.74, 6) is 0. The van der Waals surface area contributed by atoms with Crippen LogP contribution in [0.15, 0.2) is 0 Å². The minimum Gasteiger partial charge on any atom is -0.315 e. The van der Waals surface area contributed by atoms with Gasteiger partial charge in [-0.1, -0.05) is 6.42 Å². The van der Waals surface area contributed by atoms with Crippen LogP contribution in [0.3, 0.4) is 0 Å². The molecule has 3 atom stereocenters. The third-order valence-electron chi connectivity index (χ3n) is 3.84. The Balaban J connectivity index is 2.20. The third kappa shape index (κ3) is 2.13. The number of hydrogen-bond acceptors (Lipinski definition) is 3. The van der Waals surface area contributed by atoms with Crippen LogP contribution in [0.5, 0.6) is 0 Å². The predicted octanol–water partition coefficient (Wildman–Crippen LogP) is 0.941. The van der Waals surface area contributed by atoms with Crippen molar-refractivity contribution in [2.75, 3.05) is 13.1 Å². The van der Waals surface area contributed by atoms with Gasteiger partial charge in [0.25, 0.3) is 0 Å². The van der Waals surface area contributed by atoms with E-state index in [0.717, 1.165) is 32.2 Å². The first-order valence-corrected chi connectivity index (χ1v) is 7.77. The molecule has 0 spiro atoms. The fraction of sp³-hybridized carbons (Fsp3) is 1.00. The molecule has 3 unspecified atom stereocenters. The zero-order valence-corrected chi connectivity index (χ0v) is 11.0. The summed E-state index contributed by atoms with van der Waals surface area (Å²) in [6.07, 6.45) is 3.92. The van der Waals surface area contributed by atoms with Crippen LogP contribution in [0.1, 0.15) is 39.5 Å². The van der Waals surface area contributed by atoms with E-state index < -0.39 is 10.0 Å². The lowest BCUT2D eigenvalue weighted by atomic mass is 10.0. The van der Waals surface area contributed by atoms with Crippen molar-refractivity contribution < 1.29 is 8.42 Å². The SMILES string of the molecule is CC1CCCC(C)N1S(=O)(=O)C1CCNC1. The number of sulfonamides is 1. The molecule has 2 saturated heterocycles. The van der Waals surface area contributed by atoms with Gasteiger partial charge in [0, 0.05) is 18.6 Å². The van der Waals surface area contributed by atoms with Crippen LogP contribution in [0.2, 0.25) is 0 Å². The Morgan fingerprint density at radius 1 is 1.12 bits per heavy atom. The molecular formula is C11H22N2O2S. The number of nitrogens with one attached hydrogen (secondary N) is 1. The Labute approximate surface area is 98.4 Å². The van der Waals surface area contributed by atoms with Crippen LogP contribution in [0.25, 0.3) is 0 Å². The Morgan fingerprint density at radius 2 is 1.75 bits per heavy atom. The summed E-state index contributed by atoms with van der Waals surface area (Å²) >= 11 is 0. The van der Waals surface area contributed by atoms with Crippen molar-refractivity contribution in [3.05, 3.63) is 0 Å². The predicted molar refractivity (Wildman–Crippen MR) is 64.8 cm³/mol. The van der Waals surface area contributed by atoms with Crippen molar-refractivity contribution in [1.29, 1.82) is 0 Å². The Bertz CT molecular complexity index is 326. The summed E-state index contributed by atoms with van der Waals surface area (Å²) < 4.78 is 26.8. The zero-order valence-electron chi connectivity index (χ0n) is 10.1. The van der Waals surface area contributed by atoms with Gasteiger partial charge in [-0.3, -0.25) is 0 Å². The van der Waals surface area contributed by atoms with Gasteiger partial charge >= 0.3 is 0 Å². The number of rotatable bonds is 2. The minimum absolute atomic E-state index is 0.175. The van der Waals surface area contributed by atoms with E-state index >= 15 is 0 Å². The van der Waals surface area contributed by atoms with Crippen molar-refractivity contribution in [2.24, 2.45) is 0 Å². The maximum atomic E-state index is 12.5. The highest BCUT2D eigenvalue weighted by Crippen LogP contribution is 2.28. The van der Waals surface area contributed by atoms with Gasteiger partial charge in [-0.15, -0.1) is 0 Å². The van der Waals surface area contributed by atoms with E-state index in [-0.39, 0.29) is 17.3 Å². The molecule has 0 aromatic carbocycles. The Morgan fingerprint density at radius 3 is 2.25 bits per heavy atom. The summed E-state index contributed by atoms with van der Waals surface area (Å²) in [6, 6.07) is 0.351. The second-order valence-corrected chi connectivity index (χ2v) is 7.24. The molecule has 2 aliphatic heterocycles. The second kappa shape index (κ2) is 4.63. The fourth-order valence-corrected chi connectivity index (χ4v) is 5.26. The Hall–Kier alpha value is -0.130. The molecule has 0 saturated carbocycles. The maximum absolute atomic E-state index is 12.5. The van der Waals surface area contributed by atoms with Gasteiger partial charge in [0.15, 0.2) is 0 Å². The van der Waals surface area contributed by atoms with E-state index in [1.807, 2.05) is 13.8 Å². The largest absolute Gasteiger partial charge is 0.315 e. The van der Waals surface area contributed by atoms with Crippen LogP contribution in [0, 0.1) is 0 Å². The molecule has 0 amide bonds. The van der Waals surface area contributed by atoms with E-state index in [1.165, 1.54) is 0 Å². The minimum atomic E-state index is -3.09. The summed E-state index contributed by atoms with van der Waals surface area (Å²) in [7, 11) is -3.09. The topological polar surface area (TPSA) is 49.4 Å². The average molecular weight is 246 g/mol. The number of piperidine rings is 1. The van der Waals surface area contributed by atoms with E-state index in [1.54, 1.807) is 4.31 Å². The molecule has 0 radical (unpaired) electrons. The summed E-state index contributed by atoms with van der Waals surface area (Å²) in [5, 5.41) is 2.94. The first kappa shape index (κ1) is 12.3.